The van der Waals surface area contributed by atoms with E-state index in [1.165, 1.54) is 0 Å². The normalized spacial score (nSPS) is 28.9. The third-order valence-corrected chi connectivity index (χ3v) is 1.87. The summed E-state index contributed by atoms with van der Waals surface area (Å²) < 4.78 is 4.87. The zero-order valence-corrected chi connectivity index (χ0v) is 7.04. The van der Waals surface area contributed by atoms with Gasteiger partial charge in [-0.1, -0.05) is 12.2 Å². The molecule has 0 aliphatic heterocycles. The topological polar surface area (TPSA) is 26.3 Å². The molecule has 2 heteroatoms. The Morgan fingerprint density at radius 1 is 1.73 bits per heavy atom. The molecule has 0 spiro atoms. The largest absolute Gasteiger partial charge is 0.466 e. The minimum atomic E-state index is -0.0319. The van der Waals surface area contributed by atoms with Gasteiger partial charge in [0.2, 0.25) is 0 Å². The lowest BCUT2D eigenvalue weighted by Gasteiger charge is -1.97. The molecule has 1 saturated carbocycles. The van der Waals surface area contributed by atoms with Gasteiger partial charge in [-0.05, 0) is 26.2 Å². The Morgan fingerprint density at radius 3 is 3.00 bits per heavy atom. The van der Waals surface area contributed by atoms with Crippen LogP contribution in [0.3, 0.4) is 0 Å². The van der Waals surface area contributed by atoms with Crippen LogP contribution < -0.4 is 0 Å². The van der Waals surface area contributed by atoms with Crippen molar-refractivity contribution in [1.82, 2.24) is 0 Å². The van der Waals surface area contributed by atoms with Crippen LogP contribution in [0.25, 0.3) is 0 Å². The number of esters is 1. The van der Waals surface area contributed by atoms with Crippen molar-refractivity contribution in [2.24, 2.45) is 11.8 Å². The van der Waals surface area contributed by atoms with E-state index in [-0.39, 0.29) is 11.9 Å². The van der Waals surface area contributed by atoms with Gasteiger partial charge in [-0.25, -0.2) is 0 Å². The molecule has 0 aromatic rings. The average Bonchev–Trinajstić information content (AvgIpc) is 2.69. The maximum absolute atomic E-state index is 11.0. The van der Waals surface area contributed by atoms with E-state index in [2.05, 4.69) is 6.08 Å². The van der Waals surface area contributed by atoms with Gasteiger partial charge >= 0.3 is 5.97 Å². The van der Waals surface area contributed by atoms with Crippen LogP contribution in [-0.4, -0.2) is 12.6 Å². The van der Waals surface area contributed by atoms with Crippen LogP contribution >= 0.6 is 0 Å². The minimum absolute atomic E-state index is 0.0319. The van der Waals surface area contributed by atoms with Gasteiger partial charge in [0.1, 0.15) is 0 Å². The number of hydrogen-bond acceptors (Lipinski definition) is 2. The first-order chi connectivity index (χ1) is 5.29. The van der Waals surface area contributed by atoms with Gasteiger partial charge in [-0.3, -0.25) is 4.79 Å². The van der Waals surface area contributed by atoms with Crippen molar-refractivity contribution in [1.29, 1.82) is 0 Å². The number of allylic oxidation sites excluding steroid dienone is 2. The molecule has 0 aromatic carbocycles. The van der Waals surface area contributed by atoms with Crippen LogP contribution in [0.2, 0.25) is 0 Å². The quantitative estimate of drug-likeness (QED) is 0.457. The standard InChI is InChI=1S/C9H14O2/c1-3-5-7-6-8(7)9(10)11-4-2/h3,5,7-8H,4,6H2,1-2H3/b5-3+/t7-,8+/m1/s1. The Hall–Kier alpha value is -0.790. The van der Waals surface area contributed by atoms with E-state index in [9.17, 15) is 4.79 Å². The number of ether oxygens (including phenoxy) is 1. The maximum atomic E-state index is 11.0. The molecule has 1 aliphatic rings. The molecule has 0 heterocycles. The number of carbonyl (C=O) groups excluding carboxylic acids is 1. The van der Waals surface area contributed by atoms with Crippen molar-refractivity contribution in [2.45, 2.75) is 20.3 Å². The summed E-state index contributed by atoms with van der Waals surface area (Å²) in [6, 6.07) is 0. The van der Waals surface area contributed by atoms with Gasteiger partial charge in [-0.15, -0.1) is 0 Å². The summed E-state index contributed by atoms with van der Waals surface area (Å²) in [5.41, 5.74) is 0. The van der Waals surface area contributed by atoms with Gasteiger partial charge < -0.3 is 4.74 Å². The molecular weight excluding hydrogens is 140 g/mol. The summed E-state index contributed by atoms with van der Waals surface area (Å²) in [5.74, 6) is 0.584. The SMILES string of the molecule is C/C=C/[C@@H]1C[C@@H]1C(=O)OCC. The fraction of sp³-hybridized carbons (Fsp3) is 0.667. The lowest BCUT2D eigenvalue weighted by atomic mass is 10.3. The van der Waals surface area contributed by atoms with E-state index in [1.807, 2.05) is 19.9 Å². The highest BCUT2D eigenvalue weighted by Crippen LogP contribution is 2.40. The lowest BCUT2D eigenvalue weighted by Crippen LogP contribution is -2.06. The maximum Gasteiger partial charge on any atom is 0.309 e. The number of rotatable bonds is 3. The molecule has 2 nitrogen and oxygen atoms in total. The third kappa shape index (κ3) is 2.07. The molecule has 0 amide bonds. The molecule has 62 valence electrons. The van der Waals surface area contributed by atoms with Crippen molar-refractivity contribution in [2.75, 3.05) is 6.61 Å². The molecule has 0 radical (unpaired) electrons. The highest BCUT2D eigenvalue weighted by molar-refractivity contribution is 5.76. The van der Waals surface area contributed by atoms with E-state index >= 15 is 0 Å². The Bertz CT molecular complexity index is 172. The van der Waals surface area contributed by atoms with Crippen molar-refractivity contribution < 1.29 is 9.53 Å². The highest BCUT2D eigenvalue weighted by atomic mass is 16.5. The lowest BCUT2D eigenvalue weighted by molar-refractivity contribution is -0.144. The average molecular weight is 154 g/mol. The zero-order valence-electron chi connectivity index (χ0n) is 7.04. The minimum Gasteiger partial charge on any atom is -0.466 e. The summed E-state index contributed by atoms with van der Waals surface area (Å²) in [6.07, 6.45) is 5.04. The van der Waals surface area contributed by atoms with Crippen LogP contribution in [0.4, 0.5) is 0 Å². The van der Waals surface area contributed by atoms with E-state index in [1.54, 1.807) is 0 Å². The summed E-state index contributed by atoms with van der Waals surface area (Å²) in [4.78, 5) is 11.0. The molecule has 0 N–H and O–H groups in total. The number of carbonyl (C=O) groups is 1. The first kappa shape index (κ1) is 8.31. The fourth-order valence-electron chi connectivity index (χ4n) is 1.19. The zero-order chi connectivity index (χ0) is 8.27. The second kappa shape index (κ2) is 3.56. The molecular formula is C9H14O2. The highest BCUT2D eigenvalue weighted by Gasteiger charge is 2.41. The fourth-order valence-corrected chi connectivity index (χ4v) is 1.19. The predicted molar refractivity (Wildman–Crippen MR) is 43.0 cm³/mol. The van der Waals surface area contributed by atoms with Crippen LogP contribution in [0, 0.1) is 11.8 Å². The summed E-state index contributed by atoms with van der Waals surface area (Å²) in [5, 5.41) is 0. The summed E-state index contributed by atoms with van der Waals surface area (Å²) >= 11 is 0. The molecule has 0 unspecified atom stereocenters. The first-order valence-corrected chi connectivity index (χ1v) is 4.09. The van der Waals surface area contributed by atoms with Gasteiger partial charge in [0.25, 0.3) is 0 Å². The Balaban J connectivity index is 2.26. The monoisotopic (exact) mass is 154 g/mol. The van der Waals surface area contributed by atoms with Gasteiger partial charge in [0.15, 0.2) is 0 Å². The Kier molecular flexibility index (Phi) is 2.69. The summed E-state index contributed by atoms with van der Waals surface area (Å²) in [7, 11) is 0. The first-order valence-electron chi connectivity index (χ1n) is 4.09. The Labute approximate surface area is 67.2 Å². The van der Waals surface area contributed by atoms with E-state index in [4.69, 9.17) is 4.74 Å². The second-order valence-electron chi connectivity index (χ2n) is 2.78. The summed E-state index contributed by atoms with van der Waals surface area (Å²) in [6.45, 7) is 4.31. The van der Waals surface area contributed by atoms with Gasteiger partial charge in [-0.2, -0.15) is 0 Å². The van der Waals surface area contributed by atoms with Crippen LogP contribution in [0.15, 0.2) is 12.2 Å². The molecule has 11 heavy (non-hydrogen) atoms. The second-order valence-corrected chi connectivity index (χ2v) is 2.78. The van der Waals surface area contributed by atoms with Crippen molar-refractivity contribution in [3.8, 4) is 0 Å². The molecule has 0 saturated heterocycles. The molecule has 1 rings (SSSR count). The smallest absolute Gasteiger partial charge is 0.309 e. The third-order valence-electron chi connectivity index (χ3n) is 1.87. The molecule has 0 aromatic heterocycles. The molecule has 1 fully saturated rings. The van der Waals surface area contributed by atoms with Crippen LogP contribution in [0.1, 0.15) is 20.3 Å². The predicted octanol–water partition coefficient (Wildman–Crippen LogP) is 1.76. The van der Waals surface area contributed by atoms with Crippen molar-refractivity contribution in [3.05, 3.63) is 12.2 Å². The van der Waals surface area contributed by atoms with Crippen molar-refractivity contribution in [3.63, 3.8) is 0 Å². The van der Waals surface area contributed by atoms with Gasteiger partial charge in [0.05, 0.1) is 12.5 Å². The Morgan fingerprint density at radius 2 is 2.45 bits per heavy atom. The van der Waals surface area contributed by atoms with Crippen molar-refractivity contribution >= 4 is 5.97 Å². The molecule has 1 aliphatic carbocycles. The van der Waals surface area contributed by atoms with Gasteiger partial charge in [0, 0.05) is 0 Å². The number of hydrogen-bond donors (Lipinski definition) is 0. The van der Waals surface area contributed by atoms with E-state index in [0.29, 0.717) is 12.5 Å². The van der Waals surface area contributed by atoms with E-state index in [0.717, 1.165) is 6.42 Å². The molecule has 2 atom stereocenters. The van der Waals surface area contributed by atoms with Crippen LogP contribution in [-0.2, 0) is 9.53 Å². The molecule has 0 bridgehead atoms. The van der Waals surface area contributed by atoms with E-state index < -0.39 is 0 Å². The van der Waals surface area contributed by atoms with Crippen LogP contribution in [0.5, 0.6) is 0 Å².